The van der Waals surface area contributed by atoms with Gasteiger partial charge in [0.25, 0.3) is 5.91 Å². The van der Waals surface area contributed by atoms with E-state index in [0.717, 1.165) is 0 Å². The molecule has 1 atom stereocenters. The Kier molecular flexibility index (Phi) is 6.56. The van der Waals surface area contributed by atoms with E-state index in [-0.39, 0.29) is 19.3 Å². The fourth-order valence-corrected chi connectivity index (χ4v) is 2.44. The summed E-state index contributed by atoms with van der Waals surface area (Å²) in [4.78, 5) is 23.5. The van der Waals surface area contributed by atoms with E-state index in [4.69, 9.17) is 23.7 Å². The Hall–Kier alpha value is -3.42. The molecule has 1 N–H and O–H groups in total. The summed E-state index contributed by atoms with van der Waals surface area (Å²) >= 11 is 0. The van der Waals surface area contributed by atoms with Gasteiger partial charge in [0.2, 0.25) is 0 Å². The van der Waals surface area contributed by atoms with Crippen LogP contribution in [0, 0.1) is 0 Å². The average Bonchev–Trinajstić information content (AvgIpc) is 2.75. The van der Waals surface area contributed by atoms with Crippen LogP contribution in [0.5, 0.6) is 23.0 Å². The second-order valence-corrected chi connectivity index (χ2v) is 5.93. The summed E-state index contributed by atoms with van der Waals surface area (Å²) in [5, 5.41) is 2.65. The average molecular weight is 387 g/mol. The Morgan fingerprint density at radius 2 is 1.75 bits per heavy atom. The third-order valence-electron chi connectivity index (χ3n) is 3.87. The van der Waals surface area contributed by atoms with E-state index in [9.17, 15) is 9.59 Å². The van der Waals surface area contributed by atoms with Crippen LogP contribution in [0.4, 0.5) is 0 Å². The molecule has 1 aliphatic heterocycles. The molecule has 1 aliphatic rings. The van der Waals surface area contributed by atoms with E-state index in [1.807, 2.05) is 18.2 Å². The fraction of sp³-hybridized carbons (Fsp3) is 0.300. The van der Waals surface area contributed by atoms with Crippen molar-refractivity contribution in [1.82, 2.24) is 5.32 Å². The maximum atomic E-state index is 11.8. The van der Waals surface area contributed by atoms with Crippen molar-refractivity contribution >= 4 is 11.9 Å². The largest absolute Gasteiger partial charge is 0.497 e. The topological polar surface area (TPSA) is 92.3 Å². The van der Waals surface area contributed by atoms with Gasteiger partial charge >= 0.3 is 5.97 Å². The zero-order valence-corrected chi connectivity index (χ0v) is 15.4. The Morgan fingerprint density at radius 3 is 2.50 bits per heavy atom. The molecular formula is C20H21NO7. The lowest BCUT2D eigenvalue weighted by atomic mass is 10.2. The Bertz CT molecular complexity index is 806. The number of para-hydroxylation sites is 2. The molecule has 8 heteroatoms. The first-order valence-corrected chi connectivity index (χ1v) is 8.71. The molecule has 0 saturated heterocycles. The molecule has 0 aromatic heterocycles. The third-order valence-corrected chi connectivity index (χ3v) is 3.87. The molecule has 0 aliphatic carbocycles. The van der Waals surface area contributed by atoms with Gasteiger partial charge in [-0.25, -0.2) is 4.79 Å². The van der Waals surface area contributed by atoms with E-state index in [2.05, 4.69) is 5.32 Å². The number of ether oxygens (including phenoxy) is 5. The van der Waals surface area contributed by atoms with Crippen molar-refractivity contribution in [2.24, 2.45) is 0 Å². The summed E-state index contributed by atoms with van der Waals surface area (Å²) in [5.41, 5.74) is 0. The molecule has 28 heavy (non-hydrogen) atoms. The van der Waals surface area contributed by atoms with Crippen molar-refractivity contribution in [3.05, 3.63) is 48.5 Å². The number of fused-ring (bicyclic) bond motifs is 1. The predicted octanol–water partition coefficient (Wildman–Crippen LogP) is 1.57. The summed E-state index contributed by atoms with van der Waals surface area (Å²) in [7, 11) is 1.56. The highest BCUT2D eigenvalue weighted by Gasteiger charge is 2.21. The van der Waals surface area contributed by atoms with Gasteiger partial charge in [-0.15, -0.1) is 0 Å². The normalized spacial score (nSPS) is 14.7. The molecular weight excluding hydrogens is 366 g/mol. The summed E-state index contributed by atoms with van der Waals surface area (Å²) in [6.07, 6.45) is -0.312. The second kappa shape index (κ2) is 9.50. The summed E-state index contributed by atoms with van der Waals surface area (Å²) in [5.74, 6) is 1.42. The van der Waals surface area contributed by atoms with Crippen LogP contribution in [0.1, 0.15) is 0 Å². The van der Waals surface area contributed by atoms with E-state index < -0.39 is 18.5 Å². The standard InChI is InChI=1S/C20H21NO7/c1-24-14-6-8-15(9-7-14)25-13-20(23)27-12-19(22)21-10-16-11-26-17-4-2-3-5-18(17)28-16/h2-9,16H,10-13H2,1H3,(H,21,22)/t16-/m0/s1. The minimum atomic E-state index is -0.642. The van der Waals surface area contributed by atoms with E-state index >= 15 is 0 Å². The van der Waals surface area contributed by atoms with Crippen molar-refractivity contribution in [3.8, 4) is 23.0 Å². The number of hydrogen-bond acceptors (Lipinski definition) is 7. The lowest BCUT2D eigenvalue weighted by Crippen LogP contribution is -2.42. The lowest BCUT2D eigenvalue weighted by molar-refractivity contribution is -0.150. The number of benzene rings is 2. The van der Waals surface area contributed by atoms with Gasteiger partial charge in [0.05, 0.1) is 13.7 Å². The van der Waals surface area contributed by atoms with Crippen LogP contribution in [0.3, 0.4) is 0 Å². The molecule has 1 amide bonds. The molecule has 148 valence electrons. The Morgan fingerprint density at radius 1 is 1.04 bits per heavy atom. The zero-order valence-electron chi connectivity index (χ0n) is 15.4. The van der Waals surface area contributed by atoms with Crippen molar-refractivity contribution in [3.63, 3.8) is 0 Å². The predicted molar refractivity (Wildman–Crippen MR) is 98.8 cm³/mol. The molecule has 8 nitrogen and oxygen atoms in total. The fourth-order valence-electron chi connectivity index (χ4n) is 2.44. The minimum Gasteiger partial charge on any atom is -0.497 e. The van der Waals surface area contributed by atoms with E-state index in [1.54, 1.807) is 37.4 Å². The number of esters is 1. The maximum Gasteiger partial charge on any atom is 0.344 e. The van der Waals surface area contributed by atoms with Gasteiger partial charge in [0.15, 0.2) is 24.7 Å². The van der Waals surface area contributed by atoms with Gasteiger partial charge < -0.3 is 29.0 Å². The number of rotatable bonds is 8. The van der Waals surface area contributed by atoms with Crippen LogP contribution in [0.15, 0.2) is 48.5 Å². The van der Waals surface area contributed by atoms with Crippen LogP contribution in [0.25, 0.3) is 0 Å². The van der Waals surface area contributed by atoms with Crippen LogP contribution in [-0.2, 0) is 14.3 Å². The number of nitrogens with one attached hydrogen (secondary N) is 1. The van der Waals surface area contributed by atoms with Gasteiger partial charge in [-0.05, 0) is 36.4 Å². The lowest BCUT2D eigenvalue weighted by Gasteiger charge is -2.26. The van der Waals surface area contributed by atoms with E-state index in [0.29, 0.717) is 29.6 Å². The molecule has 0 unspecified atom stereocenters. The molecule has 0 fully saturated rings. The number of carbonyl (C=O) groups excluding carboxylic acids is 2. The Labute approximate surface area is 162 Å². The minimum absolute atomic E-state index is 0.243. The second-order valence-electron chi connectivity index (χ2n) is 5.93. The van der Waals surface area contributed by atoms with Crippen molar-refractivity contribution in [2.75, 3.05) is 33.5 Å². The number of amides is 1. The van der Waals surface area contributed by atoms with Gasteiger partial charge in [-0.3, -0.25) is 4.79 Å². The first kappa shape index (κ1) is 19.3. The van der Waals surface area contributed by atoms with Gasteiger partial charge in [-0.2, -0.15) is 0 Å². The van der Waals surface area contributed by atoms with Crippen molar-refractivity contribution in [2.45, 2.75) is 6.10 Å². The molecule has 0 radical (unpaired) electrons. The summed E-state index contributed by atoms with van der Waals surface area (Å²) in [6.45, 7) is -0.120. The highest BCUT2D eigenvalue weighted by molar-refractivity contribution is 5.80. The van der Waals surface area contributed by atoms with Gasteiger partial charge in [-0.1, -0.05) is 12.1 Å². The number of carbonyl (C=O) groups is 2. The SMILES string of the molecule is COc1ccc(OCC(=O)OCC(=O)NC[C@H]2COc3ccccc3O2)cc1. The molecule has 1 heterocycles. The highest BCUT2D eigenvalue weighted by atomic mass is 16.6. The van der Waals surface area contributed by atoms with Crippen LogP contribution in [0.2, 0.25) is 0 Å². The number of hydrogen-bond donors (Lipinski definition) is 1. The maximum absolute atomic E-state index is 11.8. The summed E-state index contributed by atoms with van der Waals surface area (Å²) < 4.78 is 26.5. The molecule has 3 rings (SSSR count). The zero-order chi connectivity index (χ0) is 19.8. The van der Waals surface area contributed by atoms with E-state index in [1.165, 1.54) is 0 Å². The molecule has 0 bridgehead atoms. The van der Waals surface area contributed by atoms with Crippen LogP contribution < -0.4 is 24.3 Å². The monoisotopic (exact) mass is 387 g/mol. The number of methoxy groups -OCH3 is 1. The van der Waals surface area contributed by atoms with Crippen LogP contribution in [-0.4, -0.2) is 51.5 Å². The molecule has 0 saturated carbocycles. The highest BCUT2D eigenvalue weighted by Crippen LogP contribution is 2.30. The van der Waals surface area contributed by atoms with Crippen molar-refractivity contribution < 1.29 is 33.3 Å². The molecule has 2 aromatic carbocycles. The molecule has 0 spiro atoms. The quantitative estimate of drug-likeness (QED) is 0.688. The molecule has 2 aromatic rings. The first-order valence-electron chi connectivity index (χ1n) is 8.71. The van der Waals surface area contributed by atoms with Gasteiger partial charge in [0, 0.05) is 0 Å². The van der Waals surface area contributed by atoms with Crippen molar-refractivity contribution in [1.29, 1.82) is 0 Å². The first-order chi connectivity index (χ1) is 13.6. The third kappa shape index (κ3) is 5.54. The van der Waals surface area contributed by atoms with Crippen LogP contribution >= 0.6 is 0 Å². The smallest absolute Gasteiger partial charge is 0.344 e. The van der Waals surface area contributed by atoms with Gasteiger partial charge in [0.1, 0.15) is 24.2 Å². The summed E-state index contributed by atoms with van der Waals surface area (Å²) in [6, 6.07) is 14.1. The Balaban J connectivity index is 1.32.